The highest BCUT2D eigenvalue weighted by molar-refractivity contribution is 5.16. The largest absolute Gasteiger partial charge is 0.328 e. The Balaban J connectivity index is 1.98. The van der Waals surface area contributed by atoms with E-state index in [4.69, 9.17) is 0 Å². The molecular formula is C11H10FN2. The first-order valence-corrected chi connectivity index (χ1v) is 4.48. The van der Waals surface area contributed by atoms with Crippen LogP contribution in [0, 0.1) is 12.1 Å². The fourth-order valence-electron chi connectivity index (χ4n) is 1.32. The van der Waals surface area contributed by atoms with E-state index in [0.717, 1.165) is 18.5 Å². The summed E-state index contributed by atoms with van der Waals surface area (Å²) in [6.45, 7) is 0.781. The molecule has 0 aliphatic heterocycles. The Labute approximate surface area is 82.0 Å². The molecule has 0 fully saturated rings. The van der Waals surface area contributed by atoms with Gasteiger partial charge in [0, 0.05) is 18.9 Å². The molecule has 1 aromatic heterocycles. The summed E-state index contributed by atoms with van der Waals surface area (Å²) in [5.41, 5.74) is 0.993. The van der Waals surface area contributed by atoms with E-state index in [-0.39, 0.29) is 5.82 Å². The van der Waals surface area contributed by atoms with Gasteiger partial charge in [-0.25, -0.2) is 9.37 Å². The molecule has 0 spiro atoms. The molecule has 0 saturated heterocycles. The van der Waals surface area contributed by atoms with E-state index in [1.54, 1.807) is 18.3 Å². The molecule has 2 nitrogen and oxygen atoms in total. The van der Waals surface area contributed by atoms with E-state index in [0.29, 0.717) is 0 Å². The van der Waals surface area contributed by atoms with Gasteiger partial charge >= 0.3 is 0 Å². The quantitative estimate of drug-likeness (QED) is 0.722. The van der Waals surface area contributed by atoms with Gasteiger partial charge in [0.2, 0.25) is 0 Å². The number of aromatic nitrogens is 2. The monoisotopic (exact) mass is 189 g/mol. The normalized spacial score (nSPS) is 10.4. The van der Waals surface area contributed by atoms with Gasteiger partial charge in [-0.2, -0.15) is 0 Å². The molecule has 0 bridgehead atoms. The van der Waals surface area contributed by atoms with Crippen molar-refractivity contribution in [3.8, 4) is 0 Å². The molecule has 0 aliphatic rings. The highest BCUT2D eigenvalue weighted by atomic mass is 19.1. The fourth-order valence-corrected chi connectivity index (χ4v) is 1.32. The van der Waals surface area contributed by atoms with Crippen molar-refractivity contribution in [3.63, 3.8) is 0 Å². The zero-order chi connectivity index (χ0) is 9.80. The summed E-state index contributed by atoms with van der Waals surface area (Å²) in [5, 5.41) is 0. The summed E-state index contributed by atoms with van der Waals surface area (Å²) in [7, 11) is 0. The van der Waals surface area contributed by atoms with Crippen molar-refractivity contribution in [1.29, 1.82) is 0 Å². The Kier molecular flexibility index (Phi) is 2.58. The third-order valence-electron chi connectivity index (χ3n) is 2.04. The molecule has 0 atom stereocenters. The Bertz CT molecular complexity index is 395. The van der Waals surface area contributed by atoms with Gasteiger partial charge in [0.05, 0.1) is 0 Å². The maximum absolute atomic E-state index is 12.8. The number of imidazole rings is 1. The van der Waals surface area contributed by atoms with Crippen LogP contribution in [0.5, 0.6) is 0 Å². The van der Waals surface area contributed by atoms with Crippen molar-refractivity contribution >= 4 is 0 Å². The van der Waals surface area contributed by atoms with Crippen LogP contribution in [0.3, 0.4) is 0 Å². The summed E-state index contributed by atoms with van der Waals surface area (Å²) in [5.74, 6) is -0.183. The molecule has 0 aliphatic carbocycles. The fraction of sp³-hybridized carbons (Fsp3) is 0.182. The summed E-state index contributed by atoms with van der Waals surface area (Å²) in [4.78, 5) is 3.82. The van der Waals surface area contributed by atoms with Gasteiger partial charge in [0.25, 0.3) is 0 Å². The van der Waals surface area contributed by atoms with Crippen LogP contribution in [0.15, 0.2) is 36.7 Å². The molecule has 0 unspecified atom stereocenters. The number of nitrogens with zero attached hydrogens (tertiary/aromatic N) is 2. The lowest BCUT2D eigenvalue weighted by molar-refractivity contribution is 0.621. The van der Waals surface area contributed by atoms with Crippen molar-refractivity contribution in [2.75, 3.05) is 0 Å². The van der Waals surface area contributed by atoms with E-state index in [1.807, 2.05) is 16.8 Å². The van der Waals surface area contributed by atoms with E-state index < -0.39 is 0 Å². The van der Waals surface area contributed by atoms with Gasteiger partial charge in [-0.15, -0.1) is 0 Å². The minimum atomic E-state index is -0.183. The van der Waals surface area contributed by atoms with Gasteiger partial charge in [-0.3, -0.25) is 0 Å². The molecule has 0 amide bonds. The number of aryl methyl sites for hydroxylation is 2. The van der Waals surface area contributed by atoms with Gasteiger partial charge < -0.3 is 4.57 Å². The maximum Gasteiger partial charge on any atom is 0.176 e. The average molecular weight is 189 g/mol. The Morgan fingerprint density at radius 1 is 1.43 bits per heavy atom. The predicted octanol–water partition coefficient (Wildman–Crippen LogP) is 2.07. The summed E-state index contributed by atoms with van der Waals surface area (Å²) < 4.78 is 14.7. The number of halogens is 1. The molecular weight excluding hydrogens is 179 g/mol. The Morgan fingerprint density at radius 2 is 2.36 bits per heavy atom. The number of hydrogen-bond acceptors (Lipinski definition) is 1. The second-order valence-corrected chi connectivity index (χ2v) is 3.10. The Morgan fingerprint density at radius 3 is 3.07 bits per heavy atom. The molecule has 1 radical (unpaired) electrons. The lowest BCUT2D eigenvalue weighted by Gasteiger charge is -2.01. The summed E-state index contributed by atoms with van der Waals surface area (Å²) >= 11 is 0. The van der Waals surface area contributed by atoms with Crippen molar-refractivity contribution in [2.45, 2.75) is 13.0 Å². The molecule has 14 heavy (non-hydrogen) atoms. The van der Waals surface area contributed by atoms with E-state index in [2.05, 4.69) is 11.3 Å². The molecule has 1 aromatic carbocycles. The average Bonchev–Trinajstić information content (AvgIpc) is 2.67. The van der Waals surface area contributed by atoms with Crippen LogP contribution in [0.4, 0.5) is 4.39 Å². The third kappa shape index (κ3) is 2.19. The van der Waals surface area contributed by atoms with Crippen LogP contribution >= 0.6 is 0 Å². The van der Waals surface area contributed by atoms with Crippen molar-refractivity contribution in [3.05, 3.63) is 54.4 Å². The first kappa shape index (κ1) is 8.94. The van der Waals surface area contributed by atoms with Crippen molar-refractivity contribution in [1.82, 2.24) is 9.55 Å². The van der Waals surface area contributed by atoms with Gasteiger partial charge in [-0.05, 0) is 24.1 Å². The Hall–Kier alpha value is -1.64. The topological polar surface area (TPSA) is 17.8 Å². The zero-order valence-corrected chi connectivity index (χ0v) is 7.65. The van der Waals surface area contributed by atoms with Crippen LogP contribution in [0.1, 0.15) is 5.56 Å². The number of rotatable bonds is 3. The minimum absolute atomic E-state index is 0.183. The van der Waals surface area contributed by atoms with Crippen LogP contribution in [-0.2, 0) is 13.0 Å². The highest BCUT2D eigenvalue weighted by Gasteiger charge is 1.96. The zero-order valence-electron chi connectivity index (χ0n) is 7.65. The minimum Gasteiger partial charge on any atom is -0.328 e. The second kappa shape index (κ2) is 4.05. The lowest BCUT2D eigenvalue weighted by atomic mass is 10.1. The highest BCUT2D eigenvalue weighted by Crippen LogP contribution is 2.05. The molecule has 2 rings (SSSR count). The predicted molar refractivity (Wildman–Crippen MR) is 51.2 cm³/mol. The smallest absolute Gasteiger partial charge is 0.176 e. The van der Waals surface area contributed by atoms with E-state index >= 15 is 0 Å². The maximum atomic E-state index is 12.8. The van der Waals surface area contributed by atoms with Gasteiger partial charge in [0.1, 0.15) is 5.82 Å². The van der Waals surface area contributed by atoms with Crippen molar-refractivity contribution in [2.24, 2.45) is 0 Å². The second-order valence-electron chi connectivity index (χ2n) is 3.10. The molecule has 3 heteroatoms. The molecule has 0 saturated carbocycles. The van der Waals surface area contributed by atoms with Crippen molar-refractivity contribution < 1.29 is 4.39 Å². The van der Waals surface area contributed by atoms with Crippen LogP contribution < -0.4 is 0 Å². The molecule has 71 valence electrons. The van der Waals surface area contributed by atoms with Crippen LogP contribution in [0.2, 0.25) is 0 Å². The lowest BCUT2D eigenvalue weighted by Crippen LogP contribution is -1.98. The first-order valence-electron chi connectivity index (χ1n) is 4.48. The first-order chi connectivity index (χ1) is 6.84. The number of hydrogen-bond donors (Lipinski definition) is 0. The van der Waals surface area contributed by atoms with E-state index in [9.17, 15) is 4.39 Å². The summed E-state index contributed by atoms with van der Waals surface area (Å²) in [6.07, 6.45) is 7.12. The number of benzene rings is 1. The van der Waals surface area contributed by atoms with Crippen LogP contribution in [-0.4, -0.2) is 9.55 Å². The van der Waals surface area contributed by atoms with Crippen LogP contribution in [0.25, 0.3) is 0 Å². The molecule has 0 N–H and O–H groups in total. The van der Waals surface area contributed by atoms with Gasteiger partial charge in [0.15, 0.2) is 6.33 Å². The SMILES string of the molecule is Fc1cccc(CCn2[c]ncc2)c1. The summed E-state index contributed by atoms with van der Waals surface area (Å²) in [6, 6.07) is 6.64. The standard InChI is InChI=1S/C11H10FN2/c12-11-3-1-2-10(8-11)4-6-14-7-5-13-9-14/h1-3,5,7-8H,4,6H2. The molecule has 1 heterocycles. The van der Waals surface area contributed by atoms with Gasteiger partial charge in [-0.1, -0.05) is 12.1 Å². The molecule has 2 aromatic rings. The third-order valence-corrected chi connectivity index (χ3v) is 2.04. The van der Waals surface area contributed by atoms with E-state index in [1.165, 1.54) is 6.07 Å².